The second kappa shape index (κ2) is 5.56. The zero-order chi connectivity index (χ0) is 13.2. The first-order chi connectivity index (χ1) is 7.82. The van der Waals surface area contributed by atoms with Crippen LogP contribution in [-0.4, -0.2) is 30.9 Å². The van der Waals surface area contributed by atoms with Crippen molar-refractivity contribution in [2.24, 2.45) is 0 Å². The monoisotopic (exact) mass is 278 g/mol. The van der Waals surface area contributed by atoms with Crippen LogP contribution in [0.15, 0.2) is 12.1 Å². The highest BCUT2D eigenvalue weighted by atomic mass is 35.5. The average molecular weight is 279 g/mol. The third kappa shape index (κ3) is 3.48. The predicted octanol–water partition coefficient (Wildman–Crippen LogP) is 3.02. The maximum absolute atomic E-state index is 13.0. The lowest BCUT2D eigenvalue weighted by Crippen LogP contribution is -2.36. The molecule has 6 heteroatoms. The van der Waals surface area contributed by atoms with Gasteiger partial charge in [0, 0.05) is 14.1 Å². The molecule has 0 heterocycles. The number of carbonyl (C=O) groups is 1. The van der Waals surface area contributed by atoms with Crippen molar-refractivity contribution < 1.29 is 9.18 Å². The summed E-state index contributed by atoms with van der Waals surface area (Å²) in [7, 11) is 3.29. The number of hydrogen-bond acceptors (Lipinski definition) is 2. The summed E-state index contributed by atoms with van der Waals surface area (Å²) in [5, 5.41) is 3.16. The average Bonchev–Trinajstić information content (AvgIpc) is 2.21. The summed E-state index contributed by atoms with van der Waals surface area (Å²) in [4.78, 5) is 13.1. The van der Waals surface area contributed by atoms with Gasteiger partial charge in [-0.05, 0) is 19.1 Å². The van der Waals surface area contributed by atoms with Gasteiger partial charge in [0.05, 0.1) is 15.7 Å². The van der Waals surface area contributed by atoms with Crippen LogP contribution in [0.1, 0.15) is 6.92 Å². The molecule has 0 saturated heterocycles. The van der Waals surface area contributed by atoms with Crippen LogP contribution in [0.4, 0.5) is 10.1 Å². The number of hydrogen-bond donors (Lipinski definition) is 1. The molecule has 0 aromatic heterocycles. The van der Waals surface area contributed by atoms with E-state index in [4.69, 9.17) is 23.2 Å². The van der Waals surface area contributed by atoms with E-state index in [-0.39, 0.29) is 16.0 Å². The molecule has 1 aromatic rings. The molecule has 0 aliphatic carbocycles. The van der Waals surface area contributed by atoms with Crippen LogP contribution in [0.25, 0.3) is 0 Å². The molecule has 1 amide bonds. The van der Waals surface area contributed by atoms with E-state index >= 15 is 0 Å². The number of nitrogens with one attached hydrogen (secondary N) is 1. The van der Waals surface area contributed by atoms with Gasteiger partial charge in [-0.25, -0.2) is 4.39 Å². The maximum atomic E-state index is 13.0. The summed E-state index contributed by atoms with van der Waals surface area (Å²) in [5.74, 6) is -0.640. The highest BCUT2D eigenvalue weighted by Gasteiger charge is 2.17. The van der Waals surface area contributed by atoms with Crippen LogP contribution in [0, 0.1) is 5.82 Å². The number of benzene rings is 1. The first kappa shape index (κ1) is 14.1. The quantitative estimate of drug-likeness (QED) is 0.922. The van der Waals surface area contributed by atoms with Gasteiger partial charge in [-0.1, -0.05) is 23.2 Å². The number of likely N-dealkylation sites (N-methyl/N-ethyl adjacent to an activating group) is 1. The topological polar surface area (TPSA) is 32.3 Å². The van der Waals surface area contributed by atoms with E-state index in [0.717, 1.165) is 12.1 Å². The van der Waals surface area contributed by atoms with Crippen molar-refractivity contribution in [3.63, 3.8) is 0 Å². The smallest absolute Gasteiger partial charge is 0.244 e. The van der Waals surface area contributed by atoms with Crippen LogP contribution >= 0.6 is 23.2 Å². The lowest BCUT2D eigenvalue weighted by molar-refractivity contribution is -0.129. The predicted molar refractivity (Wildman–Crippen MR) is 68.2 cm³/mol. The Balaban J connectivity index is 2.92. The van der Waals surface area contributed by atoms with Crippen molar-refractivity contribution in [3.8, 4) is 0 Å². The SMILES string of the molecule is CC(Nc1c(Cl)cc(F)cc1Cl)C(=O)N(C)C. The van der Waals surface area contributed by atoms with Gasteiger partial charge in [0.2, 0.25) is 5.91 Å². The molecule has 0 bridgehead atoms. The number of nitrogens with zero attached hydrogens (tertiary/aromatic N) is 1. The molecule has 1 unspecified atom stereocenters. The Labute approximate surface area is 109 Å². The second-order valence-corrected chi connectivity index (χ2v) is 4.66. The first-order valence-corrected chi connectivity index (χ1v) is 5.70. The molecule has 0 radical (unpaired) electrons. The van der Waals surface area contributed by atoms with Crippen molar-refractivity contribution in [2.75, 3.05) is 19.4 Å². The van der Waals surface area contributed by atoms with Gasteiger partial charge >= 0.3 is 0 Å². The summed E-state index contributed by atoms with van der Waals surface area (Å²) < 4.78 is 13.0. The standard InChI is InChI=1S/C11H13Cl2FN2O/c1-6(11(17)16(2)3)15-10-8(12)4-7(14)5-9(10)13/h4-6,15H,1-3H3. The summed E-state index contributed by atoms with van der Waals surface area (Å²) >= 11 is 11.7. The Morgan fingerprint density at radius 3 is 2.24 bits per heavy atom. The zero-order valence-corrected chi connectivity index (χ0v) is 11.2. The normalized spacial score (nSPS) is 12.1. The molecule has 1 rings (SSSR count). The number of halogens is 3. The zero-order valence-electron chi connectivity index (χ0n) is 9.72. The van der Waals surface area contributed by atoms with Gasteiger partial charge in [-0.15, -0.1) is 0 Å². The van der Waals surface area contributed by atoms with Crippen LogP contribution in [0.2, 0.25) is 10.0 Å². The molecular formula is C11H13Cl2FN2O. The van der Waals surface area contributed by atoms with Crippen molar-refractivity contribution in [1.29, 1.82) is 0 Å². The van der Waals surface area contributed by atoms with Gasteiger partial charge in [0.1, 0.15) is 11.9 Å². The number of carbonyl (C=O) groups excluding carboxylic acids is 1. The van der Waals surface area contributed by atoms with Crippen LogP contribution < -0.4 is 5.32 Å². The minimum atomic E-state index is -0.517. The van der Waals surface area contributed by atoms with E-state index in [1.165, 1.54) is 4.90 Å². The second-order valence-electron chi connectivity index (χ2n) is 3.84. The summed E-state index contributed by atoms with van der Waals surface area (Å²) in [5.41, 5.74) is 0.359. The van der Waals surface area contributed by atoms with E-state index in [9.17, 15) is 9.18 Å². The summed E-state index contributed by atoms with van der Waals surface area (Å²) in [6.07, 6.45) is 0. The molecule has 0 saturated carbocycles. The molecule has 0 aliphatic rings. The molecule has 1 atom stereocenters. The van der Waals surface area contributed by atoms with E-state index in [0.29, 0.717) is 5.69 Å². The van der Waals surface area contributed by atoms with Crippen molar-refractivity contribution >= 4 is 34.8 Å². The van der Waals surface area contributed by atoms with Crippen molar-refractivity contribution in [3.05, 3.63) is 28.0 Å². The number of rotatable bonds is 3. The highest BCUT2D eigenvalue weighted by Crippen LogP contribution is 2.31. The fourth-order valence-corrected chi connectivity index (χ4v) is 1.92. The molecule has 17 heavy (non-hydrogen) atoms. The molecule has 0 spiro atoms. The molecule has 0 fully saturated rings. The van der Waals surface area contributed by atoms with Crippen LogP contribution in [0.3, 0.4) is 0 Å². The highest BCUT2D eigenvalue weighted by molar-refractivity contribution is 6.39. The van der Waals surface area contributed by atoms with Gasteiger partial charge < -0.3 is 10.2 Å². The molecule has 94 valence electrons. The van der Waals surface area contributed by atoms with E-state index in [1.807, 2.05) is 0 Å². The van der Waals surface area contributed by atoms with Crippen molar-refractivity contribution in [2.45, 2.75) is 13.0 Å². The maximum Gasteiger partial charge on any atom is 0.244 e. The molecule has 1 aromatic carbocycles. The third-order valence-corrected chi connectivity index (χ3v) is 2.78. The van der Waals surface area contributed by atoms with Gasteiger partial charge in [0.15, 0.2) is 0 Å². The van der Waals surface area contributed by atoms with Gasteiger partial charge in [-0.2, -0.15) is 0 Å². The molecule has 3 nitrogen and oxygen atoms in total. The van der Waals surface area contributed by atoms with E-state index in [2.05, 4.69) is 5.32 Å². The fraction of sp³-hybridized carbons (Fsp3) is 0.364. The van der Waals surface area contributed by atoms with Crippen LogP contribution in [0.5, 0.6) is 0 Å². The minimum Gasteiger partial charge on any atom is -0.371 e. The Kier molecular flexibility index (Phi) is 4.60. The van der Waals surface area contributed by atoms with E-state index in [1.54, 1.807) is 21.0 Å². The molecule has 1 N–H and O–H groups in total. The lowest BCUT2D eigenvalue weighted by Gasteiger charge is -2.20. The Morgan fingerprint density at radius 1 is 1.35 bits per heavy atom. The van der Waals surface area contributed by atoms with Crippen LogP contribution in [-0.2, 0) is 4.79 Å². The molecular weight excluding hydrogens is 266 g/mol. The minimum absolute atomic E-state index is 0.124. The first-order valence-electron chi connectivity index (χ1n) is 4.95. The van der Waals surface area contributed by atoms with Crippen molar-refractivity contribution in [1.82, 2.24) is 4.90 Å². The Morgan fingerprint density at radius 2 is 1.82 bits per heavy atom. The number of anilines is 1. The summed E-state index contributed by atoms with van der Waals surface area (Å²) in [6, 6.07) is 1.79. The molecule has 0 aliphatic heterocycles. The Bertz CT molecular complexity index is 414. The fourth-order valence-electron chi connectivity index (χ4n) is 1.35. The lowest BCUT2D eigenvalue weighted by atomic mass is 10.2. The third-order valence-electron chi connectivity index (χ3n) is 2.18. The van der Waals surface area contributed by atoms with Gasteiger partial charge in [-0.3, -0.25) is 4.79 Å². The number of amides is 1. The van der Waals surface area contributed by atoms with Gasteiger partial charge in [0.25, 0.3) is 0 Å². The summed E-state index contributed by atoms with van der Waals surface area (Å²) in [6.45, 7) is 1.68. The van der Waals surface area contributed by atoms with E-state index < -0.39 is 11.9 Å². The largest absolute Gasteiger partial charge is 0.371 e. The Hall–Kier alpha value is -1.00.